The molecule has 2 aliphatic rings. The summed E-state index contributed by atoms with van der Waals surface area (Å²) in [6.45, 7) is 5.44. The molecule has 2 aliphatic heterocycles. The van der Waals surface area contributed by atoms with Crippen molar-refractivity contribution in [3.05, 3.63) is 90.4 Å². The summed E-state index contributed by atoms with van der Waals surface area (Å²) in [6.07, 6.45) is 7.39. The first-order valence-electron chi connectivity index (χ1n) is 13.5. The number of hydrogen-bond acceptors (Lipinski definition) is 7. The molecule has 0 bridgehead atoms. The van der Waals surface area contributed by atoms with Crippen LogP contribution >= 0.6 is 0 Å². The van der Waals surface area contributed by atoms with Crippen LogP contribution in [0.4, 0.5) is 22.0 Å². The number of benzene rings is 2. The number of amides is 1. The summed E-state index contributed by atoms with van der Waals surface area (Å²) < 4.78 is 11.9. The van der Waals surface area contributed by atoms with Crippen molar-refractivity contribution in [2.45, 2.75) is 38.6 Å². The molecule has 0 atom stereocenters. The Bertz CT molecular complexity index is 1430. The summed E-state index contributed by atoms with van der Waals surface area (Å²) in [5.41, 5.74) is 4.31. The van der Waals surface area contributed by atoms with Crippen molar-refractivity contribution in [2.24, 2.45) is 0 Å². The van der Waals surface area contributed by atoms with Crippen LogP contribution in [0.2, 0.25) is 0 Å². The molecular formula is C31H33N5O3. The maximum absolute atomic E-state index is 12.4. The highest BCUT2D eigenvalue weighted by molar-refractivity contribution is 5.85. The summed E-state index contributed by atoms with van der Waals surface area (Å²) in [4.78, 5) is 25.4. The summed E-state index contributed by atoms with van der Waals surface area (Å²) in [7, 11) is 0. The predicted octanol–water partition coefficient (Wildman–Crippen LogP) is 5.69. The molecule has 4 heterocycles. The monoisotopic (exact) mass is 523 g/mol. The van der Waals surface area contributed by atoms with Gasteiger partial charge in [0.05, 0.1) is 12.2 Å². The van der Waals surface area contributed by atoms with Crippen molar-refractivity contribution in [2.75, 3.05) is 36.4 Å². The molecule has 1 amide bonds. The number of carbonyl (C=O) groups excluding carboxylic acids is 1. The van der Waals surface area contributed by atoms with Gasteiger partial charge in [0.25, 0.3) is 0 Å². The highest BCUT2D eigenvalue weighted by Gasteiger charge is 2.33. The molecule has 8 nitrogen and oxygen atoms in total. The summed E-state index contributed by atoms with van der Waals surface area (Å²) in [5, 5.41) is 5.69. The van der Waals surface area contributed by atoms with Crippen LogP contribution in [0, 0.1) is 6.92 Å². The summed E-state index contributed by atoms with van der Waals surface area (Å²) in [6, 6.07) is 20.1. The number of nitrogens with one attached hydrogen (secondary N) is 1. The van der Waals surface area contributed by atoms with Crippen molar-refractivity contribution in [3.63, 3.8) is 0 Å². The molecule has 2 aromatic heterocycles. The lowest BCUT2D eigenvalue weighted by Gasteiger charge is -2.44. The van der Waals surface area contributed by atoms with Crippen molar-refractivity contribution in [3.8, 4) is 0 Å². The molecule has 2 saturated heterocycles. The molecule has 1 N–H and O–H groups in total. The first-order chi connectivity index (χ1) is 19.1. The second kappa shape index (κ2) is 11.3. The van der Waals surface area contributed by atoms with Gasteiger partial charge in [-0.3, -0.25) is 4.98 Å². The second-order valence-corrected chi connectivity index (χ2v) is 10.3. The molecule has 8 heteroatoms. The van der Waals surface area contributed by atoms with E-state index in [0.717, 1.165) is 59.3 Å². The Morgan fingerprint density at radius 3 is 2.62 bits per heavy atom. The van der Waals surface area contributed by atoms with Crippen molar-refractivity contribution in [1.29, 1.82) is 0 Å². The second-order valence-electron chi connectivity index (χ2n) is 10.3. The lowest BCUT2D eigenvalue weighted by atomic mass is 10.1. The Hall–Kier alpha value is -4.17. The number of pyridine rings is 2. The standard InChI is InChI=1S/C31H33N5O3/c1-22-17-33-30(34-26-8-7-25-18-32-12-9-24(25)15-26)16-29(22)36-19-28(20-36)39-27-10-13-35(14-11-27)31(37)38-21-23-5-3-2-4-6-23/h2-9,12,15-18,27-28H,10-11,13-14,19-21H2,1H3,(H,33,34). The van der Waals surface area contributed by atoms with Crippen LogP contribution < -0.4 is 10.2 Å². The number of likely N-dealkylation sites (tertiary alicyclic amines) is 1. The van der Waals surface area contributed by atoms with Crippen molar-refractivity contribution in [1.82, 2.24) is 14.9 Å². The zero-order valence-corrected chi connectivity index (χ0v) is 22.1. The number of aryl methyl sites for hydroxylation is 1. The Labute approximate surface area is 228 Å². The van der Waals surface area contributed by atoms with E-state index < -0.39 is 0 Å². The first kappa shape index (κ1) is 25.1. The Kier molecular flexibility index (Phi) is 7.27. The molecule has 2 fully saturated rings. The van der Waals surface area contributed by atoms with Gasteiger partial charge in [-0.25, -0.2) is 9.78 Å². The summed E-state index contributed by atoms with van der Waals surface area (Å²) >= 11 is 0. The molecule has 0 radical (unpaired) electrons. The van der Waals surface area contributed by atoms with Crippen LogP contribution in [0.25, 0.3) is 10.8 Å². The van der Waals surface area contributed by atoms with E-state index in [9.17, 15) is 4.79 Å². The molecule has 6 rings (SSSR count). The van der Waals surface area contributed by atoms with Gasteiger partial charge in [-0.15, -0.1) is 0 Å². The lowest BCUT2D eigenvalue weighted by molar-refractivity contribution is -0.0516. The van der Waals surface area contributed by atoms with Gasteiger partial charge in [0.1, 0.15) is 12.4 Å². The van der Waals surface area contributed by atoms with Crippen LogP contribution in [-0.4, -0.2) is 59.3 Å². The maximum Gasteiger partial charge on any atom is 0.410 e. The number of anilines is 3. The number of carbonyl (C=O) groups is 1. The van der Waals surface area contributed by atoms with E-state index in [-0.39, 0.29) is 18.3 Å². The molecule has 39 heavy (non-hydrogen) atoms. The summed E-state index contributed by atoms with van der Waals surface area (Å²) in [5.74, 6) is 0.819. The zero-order chi connectivity index (χ0) is 26.6. The fourth-order valence-corrected chi connectivity index (χ4v) is 5.21. The fraction of sp³-hybridized carbons (Fsp3) is 0.323. The fourth-order valence-electron chi connectivity index (χ4n) is 5.21. The van der Waals surface area contributed by atoms with E-state index in [1.54, 1.807) is 11.1 Å². The van der Waals surface area contributed by atoms with Gasteiger partial charge in [-0.05, 0) is 54.5 Å². The van der Waals surface area contributed by atoms with Crippen molar-refractivity contribution >= 4 is 34.1 Å². The van der Waals surface area contributed by atoms with E-state index in [1.807, 2.05) is 54.9 Å². The van der Waals surface area contributed by atoms with E-state index in [2.05, 4.69) is 45.3 Å². The van der Waals surface area contributed by atoms with Crippen molar-refractivity contribution < 1.29 is 14.3 Å². The SMILES string of the molecule is Cc1cnc(Nc2ccc3cnccc3c2)cc1N1CC(OC2CCN(C(=O)OCc3ccccc3)CC2)C1. The van der Waals surface area contributed by atoms with Gasteiger partial charge in [0.2, 0.25) is 0 Å². The third kappa shape index (κ3) is 5.96. The minimum atomic E-state index is -0.245. The zero-order valence-electron chi connectivity index (χ0n) is 22.1. The molecule has 2 aromatic carbocycles. The normalized spacial score (nSPS) is 16.2. The number of hydrogen-bond donors (Lipinski definition) is 1. The molecule has 0 aliphatic carbocycles. The van der Waals surface area contributed by atoms with Crippen LogP contribution in [-0.2, 0) is 16.1 Å². The average molecular weight is 524 g/mol. The van der Waals surface area contributed by atoms with Gasteiger partial charge in [-0.2, -0.15) is 0 Å². The highest BCUT2D eigenvalue weighted by atomic mass is 16.6. The largest absolute Gasteiger partial charge is 0.445 e. The molecule has 200 valence electrons. The topological polar surface area (TPSA) is 79.8 Å². The lowest BCUT2D eigenvalue weighted by Crippen LogP contribution is -2.54. The van der Waals surface area contributed by atoms with Gasteiger partial charge in [-0.1, -0.05) is 36.4 Å². The molecule has 0 spiro atoms. The number of ether oxygens (including phenoxy) is 2. The Morgan fingerprint density at radius 1 is 0.974 bits per heavy atom. The quantitative estimate of drug-likeness (QED) is 0.333. The molecule has 4 aromatic rings. The third-order valence-corrected chi connectivity index (χ3v) is 7.47. The smallest absolute Gasteiger partial charge is 0.410 e. The van der Waals surface area contributed by atoms with Gasteiger partial charge in [0.15, 0.2) is 0 Å². The number of nitrogens with zero attached hydrogens (tertiary/aromatic N) is 4. The number of aromatic nitrogens is 2. The number of rotatable bonds is 7. The Balaban J connectivity index is 0.970. The number of fused-ring (bicyclic) bond motifs is 1. The van der Waals surface area contributed by atoms with Gasteiger partial charge in [0, 0.05) is 67.6 Å². The van der Waals surface area contributed by atoms with Crippen LogP contribution in [0.3, 0.4) is 0 Å². The number of piperidine rings is 1. The Morgan fingerprint density at radius 2 is 1.79 bits per heavy atom. The minimum Gasteiger partial charge on any atom is -0.445 e. The first-order valence-corrected chi connectivity index (χ1v) is 13.5. The van der Waals surface area contributed by atoms with E-state index >= 15 is 0 Å². The molecular weight excluding hydrogens is 490 g/mol. The van der Waals surface area contributed by atoms with E-state index in [4.69, 9.17) is 9.47 Å². The van der Waals surface area contributed by atoms with Crippen LogP contribution in [0.1, 0.15) is 24.0 Å². The average Bonchev–Trinajstić information content (AvgIpc) is 2.95. The maximum atomic E-state index is 12.4. The van der Waals surface area contributed by atoms with Crippen LogP contribution in [0.5, 0.6) is 0 Å². The minimum absolute atomic E-state index is 0.175. The predicted molar refractivity (Wildman–Crippen MR) is 152 cm³/mol. The van der Waals surface area contributed by atoms with Gasteiger partial charge < -0.3 is 24.6 Å². The van der Waals surface area contributed by atoms with Crippen LogP contribution in [0.15, 0.2) is 79.3 Å². The molecule has 0 saturated carbocycles. The molecule has 0 unspecified atom stereocenters. The third-order valence-electron chi connectivity index (χ3n) is 7.47. The van der Waals surface area contributed by atoms with Gasteiger partial charge >= 0.3 is 6.09 Å². The highest BCUT2D eigenvalue weighted by Crippen LogP contribution is 2.30. The van der Waals surface area contributed by atoms with E-state index in [0.29, 0.717) is 19.7 Å². The van der Waals surface area contributed by atoms with E-state index in [1.165, 1.54) is 5.69 Å².